The smallest absolute Gasteiger partial charge is 0.341 e. The Bertz CT molecular complexity index is 492. The summed E-state index contributed by atoms with van der Waals surface area (Å²) < 4.78 is 10.6. The molecule has 122 valence electrons. The van der Waals surface area contributed by atoms with Crippen LogP contribution in [-0.2, 0) is 14.3 Å². The first-order chi connectivity index (χ1) is 10.4. The zero-order chi connectivity index (χ0) is 16.6. The molecule has 22 heavy (non-hydrogen) atoms. The molecule has 1 amide bonds. The molecule has 0 fully saturated rings. The molecule has 2 N–H and O–H groups in total. The molecule has 0 aliphatic rings. The second kappa shape index (κ2) is 8.38. The number of nitrogens with one attached hydrogen (secondary N) is 1. The zero-order valence-corrected chi connectivity index (χ0v) is 13.2. The van der Waals surface area contributed by atoms with Crippen LogP contribution in [0.4, 0.5) is 5.69 Å². The van der Waals surface area contributed by atoms with Crippen molar-refractivity contribution in [2.24, 2.45) is 0 Å². The van der Waals surface area contributed by atoms with E-state index in [4.69, 9.17) is 14.6 Å². The second-order valence-corrected chi connectivity index (χ2v) is 5.07. The maximum absolute atomic E-state index is 12.4. The van der Waals surface area contributed by atoms with Gasteiger partial charge in [0, 0.05) is 12.3 Å². The summed E-state index contributed by atoms with van der Waals surface area (Å²) in [6, 6.07) is 6.54. The lowest BCUT2D eigenvalue weighted by molar-refractivity contribution is -0.140. The summed E-state index contributed by atoms with van der Waals surface area (Å²) in [6.45, 7) is 5.70. The number of carbonyl (C=O) groups excluding carboxylic acids is 1. The van der Waals surface area contributed by atoms with Gasteiger partial charge in [0.05, 0.1) is 0 Å². The maximum atomic E-state index is 12.4. The van der Waals surface area contributed by atoms with E-state index in [1.165, 1.54) is 0 Å². The van der Waals surface area contributed by atoms with Gasteiger partial charge < -0.3 is 19.9 Å². The van der Waals surface area contributed by atoms with Crippen LogP contribution in [0, 0.1) is 0 Å². The number of hydrogen-bond donors (Lipinski definition) is 2. The minimum Gasteiger partial charge on any atom is -0.482 e. The van der Waals surface area contributed by atoms with Gasteiger partial charge in [-0.2, -0.15) is 0 Å². The topological polar surface area (TPSA) is 84.9 Å². The molecule has 0 aliphatic carbocycles. The van der Waals surface area contributed by atoms with Gasteiger partial charge in [-0.05, 0) is 44.5 Å². The van der Waals surface area contributed by atoms with Crippen LogP contribution in [0.1, 0.15) is 33.6 Å². The fraction of sp³-hybridized carbons (Fsp3) is 0.500. The third-order valence-corrected chi connectivity index (χ3v) is 3.14. The fourth-order valence-corrected chi connectivity index (χ4v) is 2.09. The monoisotopic (exact) mass is 309 g/mol. The van der Waals surface area contributed by atoms with Crippen molar-refractivity contribution in [3.8, 4) is 5.75 Å². The predicted octanol–water partition coefficient (Wildman–Crippen LogP) is 2.68. The third-order valence-electron chi connectivity index (χ3n) is 3.14. The highest BCUT2D eigenvalue weighted by atomic mass is 16.5. The molecule has 0 saturated heterocycles. The van der Waals surface area contributed by atoms with E-state index < -0.39 is 18.2 Å². The van der Waals surface area contributed by atoms with Crippen molar-refractivity contribution >= 4 is 17.6 Å². The van der Waals surface area contributed by atoms with Gasteiger partial charge in [0.15, 0.2) is 6.61 Å². The molecule has 0 bridgehead atoms. The lowest BCUT2D eigenvalue weighted by atomic mass is 9.99. The molecule has 1 rings (SSSR count). The van der Waals surface area contributed by atoms with E-state index in [1.807, 2.05) is 13.8 Å². The lowest BCUT2D eigenvalue weighted by Gasteiger charge is -2.27. The van der Waals surface area contributed by atoms with Crippen LogP contribution in [0.15, 0.2) is 24.3 Å². The number of anilines is 1. The van der Waals surface area contributed by atoms with Crippen LogP contribution in [0.5, 0.6) is 5.75 Å². The van der Waals surface area contributed by atoms with Crippen molar-refractivity contribution in [3.05, 3.63) is 24.3 Å². The Kier molecular flexibility index (Phi) is 6.85. The van der Waals surface area contributed by atoms with Gasteiger partial charge >= 0.3 is 5.97 Å². The first-order valence-electron chi connectivity index (χ1n) is 7.31. The molecular weight excluding hydrogens is 286 g/mol. The van der Waals surface area contributed by atoms with Crippen molar-refractivity contribution in [2.45, 2.75) is 39.2 Å². The van der Waals surface area contributed by atoms with Crippen molar-refractivity contribution in [3.63, 3.8) is 0 Å². The Hall–Kier alpha value is -2.08. The van der Waals surface area contributed by atoms with E-state index in [0.717, 1.165) is 6.42 Å². The number of benzene rings is 1. The minimum atomic E-state index is -1.04. The molecule has 0 saturated carbocycles. The first-order valence-corrected chi connectivity index (χ1v) is 7.31. The number of hydrogen-bond acceptors (Lipinski definition) is 4. The summed E-state index contributed by atoms with van der Waals surface area (Å²) in [5, 5.41) is 11.4. The van der Waals surface area contributed by atoms with Gasteiger partial charge in [-0.25, -0.2) is 4.79 Å². The number of carboxylic acids is 1. The van der Waals surface area contributed by atoms with Crippen LogP contribution < -0.4 is 10.1 Å². The zero-order valence-electron chi connectivity index (χ0n) is 13.2. The summed E-state index contributed by atoms with van der Waals surface area (Å²) in [5.74, 6) is -0.804. The van der Waals surface area contributed by atoms with E-state index in [0.29, 0.717) is 24.5 Å². The normalized spacial score (nSPS) is 13.2. The number of ether oxygens (including phenoxy) is 2. The Morgan fingerprint density at radius 1 is 1.23 bits per heavy atom. The van der Waals surface area contributed by atoms with Gasteiger partial charge in [-0.1, -0.05) is 13.3 Å². The van der Waals surface area contributed by atoms with E-state index in [1.54, 1.807) is 31.2 Å². The molecule has 1 atom stereocenters. The predicted molar refractivity (Wildman–Crippen MR) is 83.1 cm³/mol. The number of amides is 1. The Morgan fingerprint density at radius 3 is 2.36 bits per heavy atom. The highest BCUT2D eigenvalue weighted by Gasteiger charge is 2.32. The quantitative estimate of drug-likeness (QED) is 0.732. The number of carboxylic acid groups (broad SMARTS) is 1. The summed E-state index contributed by atoms with van der Waals surface area (Å²) in [6.07, 6.45) is 1.47. The molecule has 1 aromatic rings. The van der Waals surface area contributed by atoms with Crippen LogP contribution in [0.3, 0.4) is 0 Å². The molecule has 1 unspecified atom stereocenters. The molecule has 0 heterocycles. The van der Waals surface area contributed by atoms with Crippen LogP contribution >= 0.6 is 0 Å². The summed E-state index contributed by atoms with van der Waals surface area (Å²) in [5.41, 5.74) is -0.253. The van der Waals surface area contributed by atoms with Crippen molar-refractivity contribution in [1.29, 1.82) is 0 Å². The highest BCUT2D eigenvalue weighted by molar-refractivity contribution is 5.97. The van der Waals surface area contributed by atoms with Crippen molar-refractivity contribution < 1.29 is 24.2 Å². The minimum absolute atomic E-state index is 0.199. The van der Waals surface area contributed by atoms with Crippen molar-refractivity contribution in [2.75, 3.05) is 18.5 Å². The van der Waals surface area contributed by atoms with Gasteiger partial charge in [-0.3, -0.25) is 4.79 Å². The van der Waals surface area contributed by atoms with Gasteiger partial charge in [0.2, 0.25) is 0 Å². The second-order valence-electron chi connectivity index (χ2n) is 5.07. The van der Waals surface area contributed by atoms with E-state index in [-0.39, 0.29) is 5.91 Å². The van der Waals surface area contributed by atoms with Gasteiger partial charge in [0.25, 0.3) is 5.91 Å². The summed E-state index contributed by atoms with van der Waals surface area (Å²) in [7, 11) is 0. The average Bonchev–Trinajstić information content (AvgIpc) is 2.47. The molecule has 0 aliphatic heterocycles. The molecule has 0 aromatic heterocycles. The lowest BCUT2D eigenvalue weighted by Crippen LogP contribution is -2.42. The molecule has 0 radical (unpaired) electrons. The number of carbonyl (C=O) groups is 2. The van der Waals surface area contributed by atoms with Crippen LogP contribution in [0.25, 0.3) is 0 Å². The Morgan fingerprint density at radius 2 is 1.86 bits per heavy atom. The molecule has 6 nitrogen and oxygen atoms in total. The van der Waals surface area contributed by atoms with Crippen LogP contribution in [0.2, 0.25) is 0 Å². The van der Waals surface area contributed by atoms with E-state index >= 15 is 0 Å². The van der Waals surface area contributed by atoms with Gasteiger partial charge in [-0.15, -0.1) is 0 Å². The largest absolute Gasteiger partial charge is 0.482 e. The maximum Gasteiger partial charge on any atom is 0.341 e. The van der Waals surface area contributed by atoms with E-state index in [9.17, 15) is 9.59 Å². The SMILES string of the molecule is CCCC(C)(OCC)C(=O)Nc1ccc(OCC(=O)O)cc1. The number of rotatable bonds is 9. The molecular formula is C16H23NO5. The Balaban J connectivity index is 2.68. The van der Waals surface area contributed by atoms with Crippen LogP contribution in [-0.4, -0.2) is 35.8 Å². The molecule has 0 spiro atoms. The first kappa shape index (κ1) is 18.0. The molecule has 1 aromatic carbocycles. The number of aliphatic carboxylic acids is 1. The molecule has 6 heteroatoms. The summed E-state index contributed by atoms with van der Waals surface area (Å²) >= 11 is 0. The van der Waals surface area contributed by atoms with Gasteiger partial charge in [0.1, 0.15) is 11.4 Å². The fourth-order valence-electron chi connectivity index (χ4n) is 2.09. The Labute approximate surface area is 130 Å². The average molecular weight is 309 g/mol. The standard InChI is InChI=1S/C16H23NO5/c1-4-10-16(3,22-5-2)15(20)17-12-6-8-13(9-7-12)21-11-14(18)19/h6-9H,4-5,10-11H2,1-3H3,(H,17,20)(H,18,19). The third kappa shape index (κ3) is 5.37. The van der Waals surface area contributed by atoms with Crippen molar-refractivity contribution in [1.82, 2.24) is 0 Å². The highest BCUT2D eigenvalue weighted by Crippen LogP contribution is 2.22. The van der Waals surface area contributed by atoms with E-state index in [2.05, 4.69) is 5.32 Å². The summed E-state index contributed by atoms with van der Waals surface area (Å²) in [4.78, 5) is 22.8.